The average molecular weight is 138 g/mol. The summed E-state index contributed by atoms with van der Waals surface area (Å²) in [5.41, 5.74) is 0. The van der Waals surface area contributed by atoms with E-state index in [1.54, 1.807) is 0 Å². The first-order valence-corrected chi connectivity index (χ1v) is 2.60. The Labute approximate surface area is 50.7 Å². The monoisotopic (exact) mass is 138 g/mol. The Kier molecular flexibility index (Phi) is 5.26. The predicted octanol–water partition coefficient (Wildman–Crippen LogP) is -3.98. The molecule has 0 spiro atoms. The summed E-state index contributed by atoms with van der Waals surface area (Å²) >= 11 is 0. The third-order valence-corrected chi connectivity index (χ3v) is 0.283. The first-order valence-electron chi connectivity index (χ1n) is 0.971. The Hall–Kier alpha value is 0.519. The van der Waals surface area contributed by atoms with Gasteiger partial charge in [-0.05, 0) is 0 Å². The maximum Gasteiger partial charge on any atom is 3.00 e. The first kappa shape index (κ1) is 10.5. The molecule has 0 heterocycles. The SMILES string of the molecule is [Al+3].[O-][Si]([O-])([O-])OF. The Bertz CT molecular complexity index is 41.4. The van der Waals surface area contributed by atoms with Crippen molar-refractivity contribution in [2.45, 2.75) is 0 Å². The molecular formula is AlFO4Si. The van der Waals surface area contributed by atoms with E-state index in [0.717, 1.165) is 0 Å². The largest absolute Gasteiger partial charge is 3.00 e. The fourth-order valence-electron chi connectivity index (χ4n) is 0. The van der Waals surface area contributed by atoms with E-state index in [0.29, 0.717) is 0 Å². The summed E-state index contributed by atoms with van der Waals surface area (Å²) in [6, 6.07) is 0. The number of hydrogen-bond donors (Lipinski definition) is 0. The van der Waals surface area contributed by atoms with Crippen LogP contribution in [0, 0.1) is 0 Å². The molecule has 0 atom stereocenters. The van der Waals surface area contributed by atoms with Crippen molar-refractivity contribution in [2.24, 2.45) is 0 Å². The van der Waals surface area contributed by atoms with Gasteiger partial charge in [-0.25, -0.2) is 0 Å². The van der Waals surface area contributed by atoms with Crippen LogP contribution in [0.3, 0.4) is 0 Å². The molecule has 7 heavy (non-hydrogen) atoms. The van der Waals surface area contributed by atoms with Crippen LogP contribution in [0.5, 0.6) is 0 Å². The van der Waals surface area contributed by atoms with Crippen molar-refractivity contribution in [3.8, 4) is 0 Å². The summed E-state index contributed by atoms with van der Waals surface area (Å²) in [5, 5.41) is 0. The normalized spacial score (nSPS) is 10.3. The van der Waals surface area contributed by atoms with Crippen molar-refractivity contribution in [2.75, 3.05) is 0 Å². The van der Waals surface area contributed by atoms with Gasteiger partial charge in [-0.2, -0.15) is 0 Å². The summed E-state index contributed by atoms with van der Waals surface area (Å²) in [5.74, 6) is 0. The predicted molar refractivity (Wildman–Crippen MR) is 13.7 cm³/mol. The molecule has 0 rings (SSSR count). The minimum atomic E-state index is -5.55. The van der Waals surface area contributed by atoms with Crippen molar-refractivity contribution in [1.82, 2.24) is 0 Å². The zero-order valence-electron chi connectivity index (χ0n) is 3.09. The minimum absolute atomic E-state index is 0. The molecule has 0 amide bonds. The van der Waals surface area contributed by atoms with Crippen LogP contribution in [0.2, 0.25) is 0 Å². The molecule has 0 N–H and O–H groups in total. The molecule has 0 aromatic rings. The van der Waals surface area contributed by atoms with Crippen molar-refractivity contribution < 1.29 is 23.5 Å². The molecule has 0 aromatic heterocycles. The van der Waals surface area contributed by atoms with Crippen LogP contribution in [0.25, 0.3) is 0 Å². The molecule has 0 unspecified atom stereocenters. The first-order chi connectivity index (χ1) is 2.56. The van der Waals surface area contributed by atoms with Crippen LogP contribution < -0.4 is 14.4 Å². The van der Waals surface area contributed by atoms with E-state index in [-0.39, 0.29) is 17.4 Å². The zero-order chi connectivity index (χ0) is 5.21. The van der Waals surface area contributed by atoms with Crippen molar-refractivity contribution >= 4 is 26.4 Å². The van der Waals surface area contributed by atoms with Gasteiger partial charge in [0.05, 0.1) is 0 Å². The van der Waals surface area contributed by atoms with E-state index in [1.165, 1.54) is 0 Å². The fraction of sp³-hybridized carbons (Fsp3) is 0. The summed E-state index contributed by atoms with van der Waals surface area (Å²) in [6.45, 7) is 0. The Morgan fingerprint density at radius 1 is 1.29 bits per heavy atom. The molecule has 0 saturated heterocycles. The van der Waals surface area contributed by atoms with E-state index in [1.807, 2.05) is 4.63 Å². The van der Waals surface area contributed by atoms with E-state index in [2.05, 4.69) is 0 Å². The maximum atomic E-state index is 10.1. The third-order valence-electron chi connectivity index (χ3n) is 0.0945. The fourth-order valence-corrected chi connectivity index (χ4v) is 0. The Morgan fingerprint density at radius 2 is 1.43 bits per heavy atom. The van der Waals surface area contributed by atoms with Crippen LogP contribution >= 0.6 is 0 Å². The van der Waals surface area contributed by atoms with Crippen LogP contribution in [-0.4, -0.2) is 26.4 Å². The van der Waals surface area contributed by atoms with Gasteiger partial charge in [0.25, 0.3) is 0 Å². The molecule has 4 nitrogen and oxygen atoms in total. The van der Waals surface area contributed by atoms with Gasteiger partial charge < -0.3 is 19.0 Å². The molecule has 0 aliphatic rings. The second-order valence-electron chi connectivity index (χ2n) is 0.577. The van der Waals surface area contributed by atoms with Crippen molar-refractivity contribution in [3.63, 3.8) is 0 Å². The summed E-state index contributed by atoms with van der Waals surface area (Å²) in [4.78, 5) is 26.7. The molecule has 0 bridgehead atoms. The van der Waals surface area contributed by atoms with Gasteiger partial charge in [-0.1, -0.05) is 13.6 Å². The smallest absolute Gasteiger partial charge is 0.858 e. The number of rotatable bonds is 1. The average Bonchev–Trinajstić information content (AvgIpc) is 1.35. The molecule has 0 aliphatic heterocycles. The van der Waals surface area contributed by atoms with Crippen molar-refractivity contribution in [3.05, 3.63) is 0 Å². The van der Waals surface area contributed by atoms with Gasteiger partial charge in [0.2, 0.25) is 0 Å². The Balaban J connectivity index is 0. The maximum absolute atomic E-state index is 10.1. The molecule has 0 aromatic carbocycles. The Morgan fingerprint density at radius 3 is 1.43 bits per heavy atom. The summed E-state index contributed by atoms with van der Waals surface area (Å²) in [7, 11) is -5.55. The molecule has 0 radical (unpaired) electrons. The van der Waals surface area contributed by atoms with Gasteiger partial charge >= 0.3 is 17.4 Å². The standard InChI is InChI=1S/Al.FO4Si/c;1-5-6(2,3)4/q+3;-3. The summed E-state index contributed by atoms with van der Waals surface area (Å²) in [6.07, 6.45) is 0. The summed E-state index contributed by atoms with van der Waals surface area (Å²) < 4.78 is 12.0. The molecule has 38 valence electrons. The molecule has 0 aliphatic carbocycles. The topological polar surface area (TPSA) is 78.4 Å². The van der Waals surface area contributed by atoms with Gasteiger partial charge in [-0.15, -0.1) is 0 Å². The molecular weight excluding hydrogens is 138 g/mol. The molecule has 0 saturated carbocycles. The van der Waals surface area contributed by atoms with Gasteiger partial charge in [0.15, 0.2) is 0 Å². The second kappa shape index (κ2) is 3.51. The van der Waals surface area contributed by atoms with Crippen LogP contribution in [0.1, 0.15) is 0 Å². The number of hydrogen-bond acceptors (Lipinski definition) is 4. The van der Waals surface area contributed by atoms with Crippen LogP contribution in [-0.2, 0) is 4.63 Å². The van der Waals surface area contributed by atoms with Crippen molar-refractivity contribution in [1.29, 1.82) is 0 Å². The minimum Gasteiger partial charge on any atom is -0.858 e. The van der Waals surface area contributed by atoms with Gasteiger partial charge in [-0.3, -0.25) is 0 Å². The van der Waals surface area contributed by atoms with E-state index in [9.17, 15) is 4.53 Å². The van der Waals surface area contributed by atoms with Crippen LogP contribution in [0.4, 0.5) is 4.53 Å². The van der Waals surface area contributed by atoms with E-state index >= 15 is 0 Å². The second-order valence-corrected chi connectivity index (χ2v) is 1.73. The van der Waals surface area contributed by atoms with E-state index in [4.69, 9.17) is 14.4 Å². The zero-order valence-corrected chi connectivity index (χ0v) is 5.24. The van der Waals surface area contributed by atoms with E-state index < -0.39 is 9.05 Å². The molecule has 7 heteroatoms. The van der Waals surface area contributed by atoms with Crippen LogP contribution in [0.15, 0.2) is 0 Å². The van der Waals surface area contributed by atoms with Gasteiger partial charge in [0.1, 0.15) is 0 Å². The van der Waals surface area contributed by atoms with Gasteiger partial charge in [0, 0.05) is 0 Å². The quantitative estimate of drug-likeness (QED) is 0.346. The molecule has 0 fully saturated rings. The third kappa shape index (κ3) is 10.8. The number of halogens is 1.